The van der Waals surface area contributed by atoms with E-state index in [0.717, 1.165) is 18.7 Å². The Bertz CT molecular complexity index is 414. The highest BCUT2D eigenvalue weighted by Gasteiger charge is 2.11. The van der Waals surface area contributed by atoms with Crippen LogP contribution in [0, 0.1) is 12.8 Å². The first-order valence-corrected chi connectivity index (χ1v) is 7.19. The molecule has 4 nitrogen and oxygen atoms in total. The lowest BCUT2D eigenvalue weighted by molar-refractivity contribution is -0.117. The van der Waals surface area contributed by atoms with Crippen molar-refractivity contribution in [2.45, 2.75) is 33.2 Å². The molecule has 112 valence electrons. The third-order valence-electron chi connectivity index (χ3n) is 3.45. The van der Waals surface area contributed by atoms with Crippen LogP contribution in [0.1, 0.15) is 25.8 Å². The number of benzene rings is 1. The number of hydrogen-bond donors (Lipinski definition) is 2. The second-order valence-electron chi connectivity index (χ2n) is 5.85. The monoisotopic (exact) mass is 277 g/mol. The summed E-state index contributed by atoms with van der Waals surface area (Å²) in [5.41, 5.74) is 8.03. The fourth-order valence-corrected chi connectivity index (χ4v) is 1.86. The Morgan fingerprint density at radius 3 is 2.45 bits per heavy atom. The largest absolute Gasteiger partial charge is 0.327 e. The first-order chi connectivity index (χ1) is 9.38. The molecule has 0 heterocycles. The molecule has 0 saturated heterocycles. The number of hydrogen-bond acceptors (Lipinski definition) is 3. The Labute approximate surface area is 122 Å². The van der Waals surface area contributed by atoms with E-state index in [1.54, 1.807) is 0 Å². The Balaban J connectivity index is 2.32. The molecular weight excluding hydrogens is 250 g/mol. The summed E-state index contributed by atoms with van der Waals surface area (Å²) >= 11 is 0. The molecule has 0 radical (unpaired) electrons. The van der Waals surface area contributed by atoms with Crippen molar-refractivity contribution in [2.75, 3.05) is 25.5 Å². The number of nitrogens with zero attached hydrogens (tertiary/aromatic N) is 1. The van der Waals surface area contributed by atoms with Crippen LogP contribution in [0.3, 0.4) is 0 Å². The van der Waals surface area contributed by atoms with Crippen molar-refractivity contribution in [3.05, 3.63) is 29.8 Å². The van der Waals surface area contributed by atoms with Gasteiger partial charge in [0, 0.05) is 11.7 Å². The van der Waals surface area contributed by atoms with Crippen molar-refractivity contribution in [1.29, 1.82) is 0 Å². The van der Waals surface area contributed by atoms with Gasteiger partial charge < -0.3 is 11.1 Å². The number of nitrogens with one attached hydrogen (secondary N) is 1. The standard InChI is InChI=1S/C16H27N3O/c1-12(2)15(17)9-10-19(4)11-16(20)18-14-7-5-13(3)6-8-14/h5-8,12,15H,9-11,17H2,1-4H3,(H,18,20). The molecule has 1 unspecified atom stereocenters. The van der Waals surface area contributed by atoms with Crippen molar-refractivity contribution >= 4 is 11.6 Å². The zero-order valence-electron chi connectivity index (χ0n) is 13.0. The third kappa shape index (κ3) is 6.17. The minimum Gasteiger partial charge on any atom is -0.327 e. The van der Waals surface area contributed by atoms with Crippen LogP contribution in [0.5, 0.6) is 0 Å². The molecule has 0 spiro atoms. The van der Waals surface area contributed by atoms with Gasteiger partial charge in [0.25, 0.3) is 0 Å². The molecule has 1 rings (SSSR count). The summed E-state index contributed by atoms with van der Waals surface area (Å²) in [6.07, 6.45) is 0.909. The molecule has 4 heteroatoms. The molecule has 0 fully saturated rings. The van der Waals surface area contributed by atoms with E-state index < -0.39 is 0 Å². The van der Waals surface area contributed by atoms with Gasteiger partial charge in [-0.05, 0) is 45.0 Å². The van der Waals surface area contributed by atoms with Gasteiger partial charge in [0.15, 0.2) is 0 Å². The van der Waals surface area contributed by atoms with Crippen molar-refractivity contribution in [3.8, 4) is 0 Å². The Morgan fingerprint density at radius 1 is 1.30 bits per heavy atom. The van der Waals surface area contributed by atoms with Crippen LogP contribution in [-0.2, 0) is 4.79 Å². The first kappa shape index (κ1) is 16.7. The molecule has 3 N–H and O–H groups in total. The number of aryl methyl sites for hydroxylation is 1. The van der Waals surface area contributed by atoms with Crippen LogP contribution < -0.4 is 11.1 Å². The van der Waals surface area contributed by atoms with Gasteiger partial charge in [-0.25, -0.2) is 0 Å². The molecule has 20 heavy (non-hydrogen) atoms. The van der Waals surface area contributed by atoms with Crippen molar-refractivity contribution in [1.82, 2.24) is 4.90 Å². The van der Waals surface area contributed by atoms with Crippen molar-refractivity contribution in [3.63, 3.8) is 0 Å². The Morgan fingerprint density at radius 2 is 1.90 bits per heavy atom. The fraction of sp³-hybridized carbons (Fsp3) is 0.562. The maximum Gasteiger partial charge on any atom is 0.238 e. The van der Waals surface area contributed by atoms with E-state index in [0.29, 0.717) is 12.5 Å². The maximum absolute atomic E-state index is 11.9. The summed E-state index contributed by atoms with van der Waals surface area (Å²) in [7, 11) is 1.95. The highest BCUT2D eigenvalue weighted by atomic mass is 16.2. The molecule has 0 aromatic heterocycles. The number of nitrogens with two attached hydrogens (primary N) is 1. The van der Waals surface area contributed by atoms with Crippen LogP contribution >= 0.6 is 0 Å². The minimum absolute atomic E-state index is 0.00877. The maximum atomic E-state index is 11.9. The Hall–Kier alpha value is -1.39. The summed E-state index contributed by atoms with van der Waals surface area (Å²) in [5.74, 6) is 0.485. The SMILES string of the molecule is Cc1ccc(NC(=O)CN(C)CCC(N)C(C)C)cc1. The smallest absolute Gasteiger partial charge is 0.238 e. The number of rotatable bonds is 7. The summed E-state index contributed by atoms with van der Waals surface area (Å²) in [4.78, 5) is 13.9. The lowest BCUT2D eigenvalue weighted by atomic mass is 10.0. The highest BCUT2D eigenvalue weighted by molar-refractivity contribution is 5.92. The molecule has 0 saturated carbocycles. The molecule has 1 amide bonds. The van der Waals surface area contributed by atoms with Gasteiger partial charge in [-0.2, -0.15) is 0 Å². The number of anilines is 1. The molecule has 1 atom stereocenters. The molecule has 0 aliphatic carbocycles. The zero-order chi connectivity index (χ0) is 15.1. The predicted molar refractivity (Wildman–Crippen MR) is 84.7 cm³/mol. The van der Waals surface area contributed by atoms with Crippen molar-refractivity contribution in [2.24, 2.45) is 11.7 Å². The van der Waals surface area contributed by atoms with Gasteiger partial charge in [-0.15, -0.1) is 0 Å². The summed E-state index contributed by atoms with van der Waals surface area (Å²) in [6.45, 7) is 7.49. The van der Waals surface area contributed by atoms with E-state index in [-0.39, 0.29) is 11.9 Å². The van der Waals surface area contributed by atoms with Crippen LogP contribution in [0.2, 0.25) is 0 Å². The van der Waals surface area contributed by atoms with E-state index in [9.17, 15) is 4.79 Å². The van der Waals surface area contributed by atoms with E-state index in [1.165, 1.54) is 5.56 Å². The van der Waals surface area contributed by atoms with Gasteiger partial charge in [0.05, 0.1) is 6.54 Å². The average molecular weight is 277 g/mol. The van der Waals surface area contributed by atoms with Gasteiger partial charge in [-0.1, -0.05) is 31.5 Å². The average Bonchev–Trinajstić information content (AvgIpc) is 2.38. The summed E-state index contributed by atoms with van der Waals surface area (Å²) < 4.78 is 0. The number of amides is 1. The second-order valence-corrected chi connectivity index (χ2v) is 5.85. The summed E-state index contributed by atoms with van der Waals surface area (Å²) in [5, 5.41) is 2.90. The van der Waals surface area contributed by atoms with Gasteiger partial charge in [0.2, 0.25) is 5.91 Å². The Kier molecular flexibility index (Phi) is 6.68. The van der Waals surface area contributed by atoms with E-state index >= 15 is 0 Å². The fourth-order valence-electron chi connectivity index (χ4n) is 1.86. The lowest BCUT2D eigenvalue weighted by Gasteiger charge is -2.20. The third-order valence-corrected chi connectivity index (χ3v) is 3.45. The molecule has 1 aromatic rings. The van der Waals surface area contributed by atoms with E-state index in [1.807, 2.05) is 43.1 Å². The van der Waals surface area contributed by atoms with Crippen LogP contribution in [-0.4, -0.2) is 37.0 Å². The van der Waals surface area contributed by atoms with Crippen LogP contribution in [0.4, 0.5) is 5.69 Å². The molecule has 1 aromatic carbocycles. The number of likely N-dealkylation sites (N-methyl/N-ethyl adjacent to an activating group) is 1. The normalized spacial score (nSPS) is 12.8. The molecule has 0 aliphatic rings. The first-order valence-electron chi connectivity index (χ1n) is 7.19. The number of carbonyl (C=O) groups is 1. The predicted octanol–water partition coefficient (Wildman–Crippen LogP) is 2.24. The highest BCUT2D eigenvalue weighted by Crippen LogP contribution is 2.08. The van der Waals surface area contributed by atoms with Gasteiger partial charge >= 0.3 is 0 Å². The lowest BCUT2D eigenvalue weighted by Crippen LogP contribution is -2.35. The topological polar surface area (TPSA) is 58.4 Å². The minimum atomic E-state index is 0.00877. The van der Waals surface area contributed by atoms with Crippen LogP contribution in [0.15, 0.2) is 24.3 Å². The quantitative estimate of drug-likeness (QED) is 0.803. The zero-order valence-corrected chi connectivity index (χ0v) is 13.0. The second kappa shape index (κ2) is 8.02. The molecular formula is C16H27N3O. The van der Waals surface area contributed by atoms with Gasteiger partial charge in [0.1, 0.15) is 0 Å². The molecule has 0 aliphatic heterocycles. The van der Waals surface area contributed by atoms with Crippen LogP contribution in [0.25, 0.3) is 0 Å². The number of carbonyl (C=O) groups excluding carboxylic acids is 1. The summed E-state index contributed by atoms with van der Waals surface area (Å²) in [6, 6.07) is 8.00. The van der Waals surface area contributed by atoms with E-state index in [4.69, 9.17) is 5.73 Å². The van der Waals surface area contributed by atoms with E-state index in [2.05, 4.69) is 19.2 Å². The van der Waals surface area contributed by atoms with Gasteiger partial charge in [-0.3, -0.25) is 9.69 Å². The van der Waals surface area contributed by atoms with Crippen molar-refractivity contribution < 1.29 is 4.79 Å². The molecule has 0 bridgehead atoms.